The third-order valence-electron chi connectivity index (χ3n) is 2.86. The zero-order valence-corrected chi connectivity index (χ0v) is 16.0. The molecule has 5 heteroatoms. The van der Waals surface area contributed by atoms with Gasteiger partial charge in [-0.3, -0.25) is 0 Å². The molecule has 0 bridgehead atoms. The summed E-state index contributed by atoms with van der Waals surface area (Å²) in [6.07, 6.45) is 0.129. The van der Waals surface area contributed by atoms with Crippen molar-refractivity contribution in [2.75, 3.05) is 0 Å². The number of alkyl halides is 1. The number of hydrogen-bond acceptors (Lipinski definition) is 4. The topological polar surface area (TPSA) is 75.7 Å². The van der Waals surface area contributed by atoms with E-state index in [2.05, 4.69) is 0 Å². The van der Waals surface area contributed by atoms with Crippen LogP contribution in [0.2, 0.25) is 0 Å². The molecule has 4 nitrogen and oxygen atoms in total. The molecule has 1 aliphatic rings. The predicted octanol–water partition coefficient (Wildman–Crippen LogP) is 3.79. The number of benzene rings is 1. The minimum absolute atomic E-state index is 0.319. The van der Waals surface area contributed by atoms with Gasteiger partial charge in [0.15, 0.2) is 5.79 Å². The number of ether oxygens (including phenoxy) is 1. The van der Waals surface area contributed by atoms with Gasteiger partial charge in [-0.05, 0) is 32.3 Å². The van der Waals surface area contributed by atoms with Gasteiger partial charge in [0.05, 0.1) is 12.7 Å². The summed E-state index contributed by atoms with van der Waals surface area (Å²) in [5.41, 5.74) is 6.66. The van der Waals surface area contributed by atoms with E-state index in [4.69, 9.17) is 20.7 Å². The summed E-state index contributed by atoms with van der Waals surface area (Å²) in [6.45, 7) is 11.1. The zero-order valence-electron chi connectivity index (χ0n) is 16.0. The van der Waals surface area contributed by atoms with Crippen molar-refractivity contribution in [2.45, 2.75) is 85.1 Å². The molecule has 0 aliphatic heterocycles. The molecule has 142 valence electrons. The summed E-state index contributed by atoms with van der Waals surface area (Å²) >= 11 is 0. The lowest BCUT2D eigenvalue weighted by atomic mass is 10.2. The lowest BCUT2D eigenvalue weighted by Crippen LogP contribution is -2.32. The fraction of sp³-hybridized carbons (Fsp3) is 0.684. The van der Waals surface area contributed by atoms with Crippen LogP contribution in [-0.2, 0) is 11.3 Å². The van der Waals surface area contributed by atoms with E-state index in [1.807, 2.05) is 58.0 Å². The molecule has 1 fully saturated rings. The van der Waals surface area contributed by atoms with Crippen LogP contribution < -0.4 is 5.73 Å². The molecule has 1 aliphatic carbocycles. The minimum Gasteiger partial charge on any atom is -0.370 e. The van der Waals surface area contributed by atoms with Crippen LogP contribution in [0.15, 0.2) is 30.3 Å². The van der Waals surface area contributed by atoms with E-state index in [9.17, 15) is 4.39 Å². The Kier molecular flexibility index (Phi) is 15.1. The molecule has 0 amide bonds. The average molecular weight is 345 g/mol. The molecule has 0 saturated heterocycles. The van der Waals surface area contributed by atoms with Gasteiger partial charge in [-0.25, -0.2) is 4.39 Å². The number of aliphatic hydroxyl groups is 2. The van der Waals surface area contributed by atoms with Crippen LogP contribution in [0.25, 0.3) is 0 Å². The van der Waals surface area contributed by atoms with Crippen LogP contribution in [0.3, 0.4) is 0 Å². The minimum atomic E-state index is -1.50. The zero-order chi connectivity index (χ0) is 19.2. The van der Waals surface area contributed by atoms with Crippen molar-refractivity contribution in [2.24, 2.45) is 5.73 Å². The van der Waals surface area contributed by atoms with E-state index >= 15 is 0 Å². The molecule has 3 unspecified atom stereocenters. The van der Waals surface area contributed by atoms with Gasteiger partial charge in [0.2, 0.25) is 0 Å². The molecular weight excluding hydrogens is 309 g/mol. The lowest BCUT2D eigenvalue weighted by Gasteiger charge is -2.15. The van der Waals surface area contributed by atoms with Gasteiger partial charge in [0.25, 0.3) is 0 Å². The first kappa shape index (κ1) is 25.2. The Labute approximate surface area is 146 Å². The van der Waals surface area contributed by atoms with Crippen LogP contribution in [0, 0.1) is 0 Å². The van der Waals surface area contributed by atoms with Gasteiger partial charge in [0, 0.05) is 6.04 Å². The Balaban J connectivity index is 0. The van der Waals surface area contributed by atoms with Crippen molar-refractivity contribution in [1.82, 2.24) is 0 Å². The number of nitrogens with two attached hydrogens (primary N) is 1. The van der Waals surface area contributed by atoms with Crippen LogP contribution in [-0.4, -0.2) is 34.3 Å². The highest BCUT2D eigenvalue weighted by molar-refractivity contribution is 5.13. The molecule has 1 saturated carbocycles. The third-order valence-corrected chi connectivity index (χ3v) is 2.86. The highest BCUT2D eigenvalue weighted by atomic mass is 19.1. The molecule has 2 rings (SSSR count). The second-order valence-electron chi connectivity index (χ2n) is 5.52. The van der Waals surface area contributed by atoms with E-state index in [0.717, 1.165) is 18.4 Å². The first-order valence-corrected chi connectivity index (χ1v) is 8.77. The van der Waals surface area contributed by atoms with Gasteiger partial charge in [-0.1, -0.05) is 58.0 Å². The monoisotopic (exact) mass is 345 g/mol. The average Bonchev–Trinajstić information content (AvgIpc) is 2.88. The van der Waals surface area contributed by atoms with Gasteiger partial charge in [-0.2, -0.15) is 0 Å². The smallest absolute Gasteiger partial charge is 0.156 e. The Bertz CT molecular complexity index is 376. The van der Waals surface area contributed by atoms with Gasteiger partial charge in [-0.15, -0.1) is 0 Å². The molecule has 0 spiro atoms. The summed E-state index contributed by atoms with van der Waals surface area (Å²) in [7, 11) is 0. The molecule has 24 heavy (non-hydrogen) atoms. The molecule has 0 heterocycles. The number of hydrogen-bond donors (Lipinski definition) is 3. The summed E-state index contributed by atoms with van der Waals surface area (Å²) in [5, 5.41) is 16.2. The van der Waals surface area contributed by atoms with E-state index in [1.165, 1.54) is 13.8 Å². The second kappa shape index (κ2) is 14.3. The number of halogens is 1. The van der Waals surface area contributed by atoms with Gasteiger partial charge >= 0.3 is 0 Å². The van der Waals surface area contributed by atoms with E-state index < -0.39 is 12.0 Å². The SMILES string of the molecule is CC.CC.CC(C)(O)O.NC1CCC(OCc2ccccc2)C1F. The highest BCUT2D eigenvalue weighted by Crippen LogP contribution is 2.24. The van der Waals surface area contributed by atoms with Crippen molar-refractivity contribution >= 4 is 0 Å². The standard InChI is InChI=1S/C12H16FNO.C3H8O2.2C2H6/c13-12-10(14)6-7-11(12)15-8-9-4-2-1-3-5-9;1-3(2,4)5;2*1-2/h1-5,10-12H,6-8,14H2;4-5H,1-2H3;2*1-2H3. The van der Waals surface area contributed by atoms with Crippen molar-refractivity contribution in [1.29, 1.82) is 0 Å². The molecule has 4 N–H and O–H groups in total. The van der Waals surface area contributed by atoms with Crippen LogP contribution >= 0.6 is 0 Å². The fourth-order valence-electron chi connectivity index (χ4n) is 1.90. The maximum atomic E-state index is 13.4. The Morgan fingerprint density at radius 3 is 1.92 bits per heavy atom. The lowest BCUT2D eigenvalue weighted by molar-refractivity contribution is -0.127. The van der Waals surface area contributed by atoms with Crippen molar-refractivity contribution in [3.63, 3.8) is 0 Å². The van der Waals surface area contributed by atoms with E-state index in [0.29, 0.717) is 6.61 Å². The summed E-state index contributed by atoms with van der Waals surface area (Å²) in [4.78, 5) is 0. The normalized spacial score (nSPS) is 22.2. The van der Waals surface area contributed by atoms with Crippen LogP contribution in [0.5, 0.6) is 0 Å². The van der Waals surface area contributed by atoms with Crippen LogP contribution in [0.1, 0.15) is 59.9 Å². The van der Waals surface area contributed by atoms with E-state index in [-0.39, 0.29) is 12.1 Å². The van der Waals surface area contributed by atoms with Gasteiger partial charge in [0.1, 0.15) is 6.17 Å². The molecule has 1 aromatic rings. The van der Waals surface area contributed by atoms with Crippen molar-refractivity contribution in [3.05, 3.63) is 35.9 Å². The molecule has 1 aromatic carbocycles. The first-order valence-electron chi connectivity index (χ1n) is 8.77. The summed E-state index contributed by atoms with van der Waals surface area (Å²) in [6, 6.07) is 9.46. The van der Waals surface area contributed by atoms with E-state index in [1.54, 1.807) is 0 Å². The Hall–Kier alpha value is -1.01. The maximum Gasteiger partial charge on any atom is 0.156 e. The summed E-state index contributed by atoms with van der Waals surface area (Å²) < 4.78 is 19.0. The van der Waals surface area contributed by atoms with Gasteiger partial charge < -0.3 is 20.7 Å². The second-order valence-corrected chi connectivity index (χ2v) is 5.52. The first-order chi connectivity index (χ1) is 11.3. The molecule has 0 radical (unpaired) electrons. The van der Waals surface area contributed by atoms with Crippen molar-refractivity contribution in [3.8, 4) is 0 Å². The van der Waals surface area contributed by atoms with Crippen molar-refractivity contribution < 1.29 is 19.3 Å². The number of rotatable bonds is 3. The largest absolute Gasteiger partial charge is 0.370 e. The predicted molar refractivity (Wildman–Crippen MR) is 98.3 cm³/mol. The van der Waals surface area contributed by atoms with Crippen LogP contribution in [0.4, 0.5) is 4.39 Å². The molecule has 3 atom stereocenters. The Morgan fingerprint density at radius 2 is 1.54 bits per heavy atom. The fourth-order valence-corrected chi connectivity index (χ4v) is 1.90. The maximum absolute atomic E-state index is 13.4. The highest BCUT2D eigenvalue weighted by Gasteiger charge is 2.34. The third kappa shape index (κ3) is 13.4. The molecule has 0 aromatic heterocycles. The molecular formula is C19H36FNO3. The Morgan fingerprint density at radius 1 is 1.08 bits per heavy atom. The quantitative estimate of drug-likeness (QED) is 0.729. The summed E-state index contributed by atoms with van der Waals surface area (Å²) in [5.74, 6) is -1.50.